The number of para-hydroxylation sites is 2. The minimum absolute atomic E-state index is 0.0976. The Labute approximate surface area is 173 Å². The first-order chi connectivity index (χ1) is 14.6. The van der Waals surface area contributed by atoms with Crippen LogP contribution >= 0.6 is 0 Å². The van der Waals surface area contributed by atoms with Crippen molar-refractivity contribution in [1.82, 2.24) is 9.88 Å². The smallest absolute Gasteiger partial charge is 0.263 e. The van der Waals surface area contributed by atoms with E-state index >= 15 is 0 Å². The SMILES string of the molecule is COCc1nc2ccc(C)cc2c2c1C(=O)N(CC1COc3ccccc3O1)C2=O. The summed E-state index contributed by atoms with van der Waals surface area (Å²) in [6.45, 7) is 2.45. The summed E-state index contributed by atoms with van der Waals surface area (Å²) in [5.41, 5.74) is 2.83. The van der Waals surface area contributed by atoms with E-state index in [2.05, 4.69) is 4.98 Å². The number of amides is 2. The molecule has 2 amide bonds. The molecule has 0 saturated carbocycles. The molecule has 0 fully saturated rings. The van der Waals surface area contributed by atoms with Gasteiger partial charge in [0.1, 0.15) is 6.61 Å². The predicted molar refractivity (Wildman–Crippen MR) is 109 cm³/mol. The van der Waals surface area contributed by atoms with Crippen LogP contribution in [0.3, 0.4) is 0 Å². The third kappa shape index (κ3) is 2.90. The van der Waals surface area contributed by atoms with Crippen LogP contribution < -0.4 is 9.47 Å². The highest BCUT2D eigenvalue weighted by Gasteiger charge is 2.41. The Morgan fingerprint density at radius 1 is 1.10 bits per heavy atom. The maximum Gasteiger partial charge on any atom is 0.263 e. The quantitative estimate of drug-likeness (QED) is 0.622. The summed E-state index contributed by atoms with van der Waals surface area (Å²) in [6.07, 6.45) is -0.450. The van der Waals surface area contributed by atoms with Crippen molar-refractivity contribution in [3.05, 3.63) is 64.8 Å². The molecule has 0 bridgehead atoms. The second-order valence-corrected chi connectivity index (χ2v) is 7.48. The van der Waals surface area contributed by atoms with Gasteiger partial charge in [-0.05, 0) is 31.2 Å². The van der Waals surface area contributed by atoms with Crippen molar-refractivity contribution >= 4 is 22.7 Å². The fourth-order valence-corrected chi connectivity index (χ4v) is 4.01. The van der Waals surface area contributed by atoms with Crippen molar-refractivity contribution in [3.8, 4) is 11.5 Å². The summed E-state index contributed by atoms with van der Waals surface area (Å²) < 4.78 is 16.9. The number of hydrogen-bond donors (Lipinski definition) is 0. The van der Waals surface area contributed by atoms with Crippen LogP contribution in [-0.2, 0) is 11.3 Å². The lowest BCUT2D eigenvalue weighted by Gasteiger charge is -2.28. The third-order valence-corrected chi connectivity index (χ3v) is 5.37. The Bertz CT molecular complexity index is 1190. The van der Waals surface area contributed by atoms with Crippen molar-refractivity contribution in [2.75, 3.05) is 20.3 Å². The molecule has 0 N–H and O–H groups in total. The standard InChI is InChI=1S/C23H20N2O5/c1-13-7-8-16-15(9-13)20-21(17(24-16)12-28-2)23(27)25(22(20)26)10-14-11-29-18-5-3-4-6-19(18)30-14/h3-9,14H,10-12H2,1-2H3. The number of carbonyl (C=O) groups excluding carboxylic acids is 2. The van der Waals surface area contributed by atoms with Gasteiger partial charge in [-0.15, -0.1) is 0 Å². The summed E-state index contributed by atoms with van der Waals surface area (Å²) >= 11 is 0. The van der Waals surface area contributed by atoms with Gasteiger partial charge in [0, 0.05) is 12.5 Å². The number of hydrogen-bond acceptors (Lipinski definition) is 6. The number of nitrogens with zero attached hydrogens (tertiary/aromatic N) is 2. The molecule has 0 aliphatic carbocycles. The monoisotopic (exact) mass is 404 g/mol. The van der Waals surface area contributed by atoms with E-state index in [4.69, 9.17) is 14.2 Å². The maximum atomic E-state index is 13.3. The van der Waals surface area contributed by atoms with E-state index in [9.17, 15) is 9.59 Å². The van der Waals surface area contributed by atoms with Crippen LogP contribution in [0, 0.1) is 6.92 Å². The lowest BCUT2D eigenvalue weighted by molar-refractivity contribution is 0.0429. The van der Waals surface area contributed by atoms with Gasteiger partial charge in [0.25, 0.3) is 11.8 Å². The highest BCUT2D eigenvalue weighted by Crippen LogP contribution is 2.35. The molecule has 2 aliphatic rings. The maximum absolute atomic E-state index is 13.3. The Kier molecular flexibility index (Phi) is 4.40. The van der Waals surface area contributed by atoms with Gasteiger partial charge >= 0.3 is 0 Å². The van der Waals surface area contributed by atoms with E-state index in [1.807, 2.05) is 43.3 Å². The van der Waals surface area contributed by atoms with E-state index in [0.717, 1.165) is 5.56 Å². The predicted octanol–water partition coefficient (Wildman–Crippen LogP) is 3.13. The van der Waals surface area contributed by atoms with Gasteiger partial charge in [0.2, 0.25) is 0 Å². The van der Waals surface area contributed by atoms with Gasteiger partial charge in [-0.3, -0.25) is 14.5 Å². The number of methoxy groups -OCH3 is 1. The molecule has 0 saturated heterocycles. The minimum Gasteiger partial charge on any atom is -0.486 e. The number of pyridine rings is 1. The molecule has 3 heterocycles. The van der Waals surface area contributed by atoms with Crippen LogP contribution in [0.5, 0.6) is 11.5 Å². The summed E-state index contributed by atoms with van der Waals surface area (Å²) in [4.78, 5) is 32.4. The molecule has 152 valence electrons. The Morgan fingerprint density at radius 2 is 1.87 bits per heavy atom. The Morgan fingerprint density at radius 3 is 2.67 bits per heavy atom. The first kappa shape index (κ1) is 18.6. The van der Waals surface area contributed by atoms with Crippen LogP contribution in [0.2, 0.25) is 0 Å². The van der Waals surface area contributed by atoms with E-state index in [0.29, 0.717) is 39.2 Å². The number of ether oxygens (including phenoxy) is 3. The first-order valence-corrected chi connectivity index (χ1v) is 9.73. The molecule has 30 heavy (non-hydrogen) atoms. The summed E-state index contributed by atoms with van der Waals surface area (Å²) in [5.74, 6) is 0.547. The van der Waals surface area contributed by atoms with Crippen molar-refractivity contribution < 1.29 is 23.8 Å². The Balaban J connectivity index is 1.52. The van der Waals surface area contributed by atoms with Crippen LogP contribution in [-0.4, -0.2) is 48.1 Å². The van der Waals surface area contributed by atoms with E-state index in [1.165, 1.54) is 12.0 Å². The fourth-order valence-electron chi connectivity index (χ4n) is 4.01. The van der Waals surface area contributed by atoms with Gasteiger partial charge in [-0.1, -0.05) is 23.8 Å². The number of imide groups is 1. The zero-order chi connectivity index (χ0) is 20.8. The summed E-state index contributed by atoms with van der Waals surface area (Å²) in [6, 6.07) is 13.0. The van der Waals surface area contributed by atoms with E-state index < -0.39 is 6.10 Å². The molecular weight excluding hydrogens is 384 g/mol. The largest absolute Gasteiger partial charge is 0.486 e. The van der Waals surface area contributed by atoms with Crippen molar-refractivity contribution in [2.45, 2.75) is 19.6 Å². The molecule has 5 rings (SSSR count). The number of aromatic nitrogens is 1. The molecule has 0 radical (unpaired) electrons. The van der Waals surface area contributed by atoms with Gasteiger partial charge < -0.3 is 14.2 Å². The van der Waals surface area contributed by atoms with E-state index in [1.54, 1.807) is 6.07 Å². The van der Waals surface area contributed by atoms with Crippen molar-refractivity contribution in [1.29, 1.82) is 0 Å². The molecule has 1 aromatic heterocycles. The first-order valence-electron chi connectivity index (χ1n) is 9.73. The van der Waals surface area contributed by atoms with E-state index in [-0.39, 0.29) is 31.6 Å². The summed E-state index contributed by atoms with van der Waals surface area (Å²) in [5, 5.41) is 0.678. The van der Waals surface area contributed by atoms with Crippen LogP contribution in [0.15, 0.2) is 42.5 Å². The normalized spacial score (nSPS) is 17.5. The average Bonchev–Trinajstić information content (AvgIpc) is 3.00. The zero-order valence-electron chi connectivity index (χ0n) is 16.7. The van der Waals surface area contributed by atoms with Gasteiger partial charge in [-0.2, -0.15) is 0 Å². The highest BCUT2D eigenvalue weighted by molar-refractivity contribution is 6.26. The second-order valence-electron chi connectivity index (χ2n) is 7.48. The summed E-state index contributed by atoms with van der Waals surface area (Å²) in [7, 11) is 1.54. The zero-order valence-corrected chi connectivity index (χ0v) is 16.7. The molecule has 3 aromatic rings. The molecule has 7 heteroatoms. The van der Waals surface area contributed by atoms with Crippen LogP contribution in [0.1, 0.15) is 32.0 Å². The van der Waals surface area contributed by atoms with Gasteiger partial charge in [0.05, 0.1) is 35.5 Å². The number of benzene rings is 2. The molecule has 1 atom stereocenters. The molecule has 2 aliphatic heterocycles. The Hall–Kier alpha value is -3.45. The molecule has 0 spiro atoms. The fraction of sp³-hybridized carbons (Fsp3) is 0.261. The minimum atomic E-state index is -0.450. The number of carbonyl (C=O) groups is 2. The lowest BCUT2D eigenvalue weighted by atomic mass is 10.0. The van der Waals surface area contributed by atoms with Crippen LogP contribution in [0.4, 0.5) is 0 Å². The lowest BCUT2D eigenvalue weighted by Crippen LogP contribution is -2.43. The topological polar surface area (TPSA) is 78.0 Å². The highest BCUT2D eigenvalue weighted by atomic mass is 16.6. The van der Waals surface area contributed by atoms with Crippen molar-refractivity contribution in [3.63, 3.8) is 0 Å². The third-order valence-electron chi connectivity index (χ3n) is 5.37. The second kappa shape index (κ2) is 7.11. The van der Waals surface area contributed by atoms with Gasteiger partial charge in [-0.25, -0.2) is 4.98 Å². The molecule has 2 aromatic carbocycles. The van der Waals surface area contributed by atoms with Crippen molar-refractivity contribution in [2.24, 2.45) is 0 Å². The number of aryl methyl sites for hydroxylation is 1. The molecule has 7 nitrogen and oxygen atoms in total. The molecular formula is C23H20N2O5. The number of fused-ring (bicyclic) bond motifs is 4. The van der Waals surface area contributed by atoms with Crippen LogP contribution in [0.25, 0.3) is 10.9 Å². The number of rotatable bonds is 4. The van der Waals surface area contributed by atoms with Gasteiger partial charge in [0.15, 0.2) is 17.6 Å². The molecule has 1 unspecified atom stereocenters. The average molecular weight is 404 g/mol.